The van der Waals surface area contributed by atoms with Crippen LogP contribution in [-0.2, 0) is 19.6 Å². The third-order valence-corrected chi connectivity index (χ3v) is 6.41. The van der Waals surface area contributed by atoms with Crippen molar-refractivity contribution in [3.05, 3.63) is 54.1 Å². The van der Waals surface area contributed by atoms with Crippen molar-refractivity contribution in [2.75, 3.05) is 20.7 Å². The van der Waals surface area contributed by atoms with Crippen molar-refractivity contribution in [2.24, 2.45) is 5.41 Å². The summed E-state index contributed by atoms with van der Waals surface area (Å²) >= 11 is 0. The maximum absolute atomic E-state index is 12.6. The van der Waals surface area contributed by atoms with E-state index in [1.807, 2.05) is 0 Å². The molecule has 0 spiro atoms. The zero-order valence-corrected chi connectivity index (χ0v) is 17.0. The maximum atomic E-state index is 12.6. The molecular weight excluding hydrogens is 394 g/mol. The van der Waals surface area contributed by atoms with Crippen LogP contribution >= 0.6 is 0 Å². The Balaban J connectivity index is 1.82. The molecule has 3 amide bonds. The van der Waals surface area contributed by atoms with Crippen molar-refractivity contribution >= 4 is 44.8 Å². The van der Waals surface area contributed by atoms with Gasteiger partial charge in [-0.15, -0.1) is 0 Å². The molecule has 3 rings (SSSR count). The highest BCUT2D eigenvalue weighted by atomic mass is 32.2. The summed E-state index contributed by atoms with van der Waals surface area (Å²) in [5, 5.41) is 5.33. The first-order valence-corrected chi connectivity index (χ1v) is 10.5. The van der Waals surface area contributed by atoms with Gasteiger partial charge >= 0.3 is 0 Å². The van der Waals surface area contributed by atoms with E-state index in [0.29, 0.717) is 11.4 Å². The van der Waals surface area contributed by atoms with Crippen LogP contribution in [-0.4, -0.2) is 31.9 Å². The number of carbonyl (C=O) groups is 3. The van der Waals surface area contributed by atoms with Crippen LogP contribution in [0.3, 0.4) is 0 Å². The van der Waals surface area contributed by atoms with Gasteiger partial charge in [-0.2, -0.15) is 0 Å². The molecule has 0 aromatic heterocycles. The van der Waals surface area contributed by atoms with Crippen LogP contribution in [0.1, 0.15) is 31.1 Å². The topological polar surface area (TPSA) is 113 Å². The van der Waals surface area contributed by atoms with Gasteiger partial charge in [0.1, 0.15) is 0 Å². The minimum Gasteiger partial charge on any atom is -0.326 e. The third kappa shape index (κ3) is 4.29. The molecule has 0 unspecified atom stereocenters. The maximum Gasteiger partial charge on any atom is 0.255 e. The average molecular weight is 415 g/mol. The first-order valence-electron chi connectivity index (χ1n) is 8.86. The molecule has 1 aliphatic heterocycles. The molecule has 0 bridgehead atoms. The van der Waals surface area contributed by atoms with E-state index in [-0.39, 0.29) is 22.9 Å². The van der Waals surface area contributed by atoms with Gasteiger partial charge in [-0.05, 0) is 56.3 Å². The molecule has 152 valence electrons. The highest BCUT2D eigenvalue weighted by Crippen LogP contribution is 2.36. The zero-order valence-electron chi connectivity index (χ0n) is 16.2. The molecule has 0 atom stereocenters. The summed E-state index contributed by atoms with van der Waals surface area (Å²) in [6, 6.07) is 12.5. The fourth-order valence-corrected chi connectivity index (χ4v) is 5.18. The molecule has 9 heteroatoms. The molecule has 1 saturated heterocycles. The van der Waals surface area contributed by atoms with Gasteiger partial charge < -0.3 is 10.6 Å². The first kappa shape index (κ1) is 20.5. The monoisotopic (exact) mass is 415 g/mol. The van der Waals surface area contributed by atoms with Crippen LogP contribution in [0.2, 0.25) is 0 Å². The van der Waals surface area contributed by atoms with Crippen molar-refractivity contribution < 1.29 is 22.8 Å². The summed E-state index contributed by atoms with van der Waals surface area (Å²) in [5.41, 5.74) is 0.418. The number of anilines is 3. The van der Waals surface area contributed by atoms with Crippen LogP contribution in [0.15, 0.2) is 48.5 Å². The van der Waals surface area contributed by atoms with Crippen molar-refractivity contribution in [1.82, 2.24) is 0 Å². The van der Waals surface area contributed by atoms with E-state index in [2.05, 4.69) is 10.6 Å². The number of carbonyl (C=O) groups excluding carboxylic acids is 3. The number of benzene rings is 2. The number of hydrogen-bond donors (Lipinski definition) is 2. The van der Waals surface area contributed by atoms with Gasteiger partial charge in [-0.25, -0.2) is 12.7 Å². The Kier molecular flexibility index (Phi) is 5.18. The second-order valence-corrected chi connectivity index (χ2v) is 9.29. The normalized spacial score (nSPS) is 17.1. The summed E-state index contributed by atoms with van der Waals surface area (Å²) in [6.07, 6.45) is 0. The summed E-state index contributed by atoms with van der Waals surface area (Å²) in [7, 11) is -3.80. The molecule has 1 heterocycles. The van der Waals surface area contributed by atoms with Crippen LogP contribution in [0.4, 0.5) is 17.1 Å². The van der Waals surface area contributed by atoms with Gasteiger partial charge in [0.2, 0.25) is 21.8 Å². The lowest BCUT2D eigenvalue weighted by Crippen LogP contribution is -2.33. The highest BCUT2D eigenvalue weighted by Gasteiger charge is 2.49. The van der Waals surface area contributed by atoms with Crippen molar-refractivity contribution in [2.45, 2.75) is 20.8 Å². The summed E-state index contributed by atoms with van der Waals surface area (Å²) in [5.74, 6) is -1.46. The Labute approximate surface area is 169 Å². The molecule has 2 aromatic carbocycles. The number of rotatable bonds is 4. The Bertz CT molecular complexity index is 1090. The largest absolute Gasteiger partial charge is 0.326 e. The number of nitrogens with one attached hydrogen (secondary N) is 2. The van der Waals surface area contributed by atoms with Crippen LogP contribution in [0.5, 0.6) is 0 Å². The number of hydrogen-bond acceptors (Lipinski definition) is 5. The molecule has 0 radical (unpaired) electrons. The van der Waals surface area contributed by atoms with Crippen molar-refractivity contribution in [1.29, 1.82) is 0 Å². The summed E-state index contributed by atoms with van der Waals surface area (Å²) < 4.78 is 25.7. The summed E-state index contributed by atoms with van der Waals surface area (Å²) in [4.78, 5) is 36.2. The lowest BCUT2D eigenvalue weighted by atomic mass is 9.95. The predicted octanol–water partition coefficient (Wildman–Crippen LogP) is 2.60. The molecule has 29 heavy (non-hydrogen) atoms. The van der Waals surface area contributed by atoms with E-state index >= 15 is 0 Å². The smallest absolute Gasteiger partial charge is 0.255 e. The SMILES string of the molecule is CC(=O)Nc1ccc(NC(=O)c2cccc(N3C(=O)C(C)(C)CS3(=O)=O)c2)cc1. The Morgan fingerprint density at radius 2 is 1.59 bits per heavy atom. The molecule has 0 aliphatic carbocycles. The first-order chi connectivity index (χ1) is 13.5. The number of nitrogens with zero attached hydrogens (tertiary/aromatic N) is 1. The van der Waals surface area contributed by atoms with E-state index in [1.165, 1.54) is 31.2 Å². The van der Waals surface area contributed by atoms with Gasteiger partial charge in [0.25, 0.3) is 5.91 Å². The average Bonchev–Trinajstić information content (AvgIpc) is 2.79. The predicted molar refractivity (Wildman–Crippen MR) is 110 cm³/mol. The lowest BCUT2D eigenvalue weighted by Gasteiger charge is -2.18. The fraction of sp³-hybridized carbons (Fsp3) is 0.250. The van der Waals surface area contributed by atoms with Crippen molar-refractivity contribution in [3.63, 3.8) is 0 Å². The molecule has 1 fully saturated rings. The van der Waals surface area contributed by atoms with E-state index in [1.54, 1.807) is 38.1 Å². The molecule has 1 aliphatic rings. The molecule has 2 aromatic rings. The summed E-state index contributed by atoms with van der Waals surface area (Å²) in [6.45, 7) is 4.55. The quantitative estimate of drug-likeness (QED) is 0.797. The van der Waals surface area contributed by atoms with Crippen LogP contribution < -0.4 is 14.9 Å². The zero-order chi connectivity index (χ0) is 21.4. The van der Waals surface area contributed by atoms with E-state index in [0.717, 1.165) is 4.31 Å². The van der Waals surface area contributed by atoms with Gasteiger partial charge in [-0.3, -0.25) is 14.4 Å². The Morgan fingerprint density at radius 3 is 2.10 bits per heavy atom. The standard InChI is InChI=1S/C20H21N3O5S/c1-13(24)21-15-7-9-16(10-8-15)22-18(25)14-5-4-6-17(11-14)23-19(26)20(2,3)12-29(23,27)28/h4-11H,12H2,1-3H3,(H,21,24)(H,22,25). The second-order valence-electron chi connectivity index (χ2n) is 7.47. The Morgan fingerprint density at radius 1 is 1.00 bits per heavy atom. The fourth-order valence-electron chi connectivity index (χ4n) is 3.08. The Hall–Kier alpha value is -3.20. The van der Waals surface area contributed by atoms with E-state index in [4.69, 9.17) is 0 Å². The van der Waals surface area contributed by atoms with Crippen LogP contribution in [0.25, 0.3) is 0 Å². The van der Waals surface area contributed by atoms with Crippen LogP contribution in [0, 0.1) is 5.41 Å². The van der Waals surface area contributed by atoms with Gasteiger partial charge in [0.15, 0.2) is 0 Å². The third-order valence-electron chi connectivity index (χ3n) is 4.39. The van der Waals surface area contributed by atoms with E-state index < -0.39 is 27.3 Å². The van der Waals surface area contributed by atoms with Gasteiger partial charge in [-0.1, -0.05) is 6.07 Å². The van der Waals surface area contributed by atoms with Crippen molar-refractivity contribution in [3.8, 4) is 0 Å². The lowest BCUT2D eigenvalue weighted by molar-refractivity contribution is -0.123. The molecule has 0 saturated carbocycles. The molecule has 8 nitrogen and oxygen atoms in total. The highest BCUT2D eigenvalue weighted by molar-refractivity contribution is 7.94. The number of sulfonamides is 1. The number of amides is 3. The second kappa shape index (κ2) is 7.32. The minimum absolute atomic E-state index is 0.134. The molecule has 2 N–H and O–H groups in total. The van der Waals surface area contributed by atoms with Gasteiger partial charge in [0.05, 0.1) is 16.9 Å². The molecular formula is C20H21N3O5S. The minimum atomic E-state index is -3.80. The van der Waals surface area contributed by atoms with E-state index in [9.17, 15) is 22.8 Å². The van der Waals surface area contributed by atoms with Gasteiger partial charge in [0, 0.05) is 23.9 Å².